The quantitative estimate of drug-likeness (QED) is 0.341. The number of amides is 2. The first-order valence-electron chi connectivity index (χ1n) is 10.8. The van der Waals surface area contributed by atoms with Gasteiger partial charge in [-0.05, 0) is 55.4 Å². The van der Waals surface area contributed by atoms with Crippen molar-refractivity contribution in [2.45, 2.75) is 46.0 Å². The fraction of sp³-hybridized carbons (Fsp3) is 0.375. The SMILES string of the molecule is CCCCCOc1ccccc1C(=O)NC(=S)Nc1cccc(C(=O)NCCCC)c1. The van der Waals surface area contributed by atoms with E-state index in [9.17, 15) is 9.59 Å². The summed E-state index contributed by atoms with van der Waals surface area (Å²) in [6.07, 6.45) is 5.08. The lowest BCUT2D eigenvalue weighted by Gasteiger charge is -2.13. The second-order valence-electron chi connectivity index (χ2n) is 7.15. The Morgan fingerprint density at radius 2 is 1.71 bits per heavy atom. The molecule has 0 saturated carbocycles. The highest BCUT2D eigenvalue weighted by Crippen LogP contribution is 2.18. The zero-order valence-electron chi connectivity index (χ0n) is 18.2. The summed E-state index contributed by atoms with van der Waals surface area (Å²) in [4.78, 5) is 24.9. The number of hydrogen-bond acceptors (Lipinski definition) is 4. The van der Waals surface area contributed by atoms with Gasteiger partial charge in [0.15, 0.2) is 5.11 Å². The van der Waals surface area contributed by atoms with Crippen LogP contribution in [-0.4, -0.2) is 30.1 Å². The molecule has 166 valence electrons. The van der Waals surface area contributed by atoms with E-state index in [-0.39, 0.29) is 16.9 Å². The molecule has 0 spiro atoms. The minimum absolute atomic E-state index is 0.138. The molecule has 0 atom stereocenters. The van der Waals surface area contributed by atoms with Crippen molar-refractivity contribution in [2.24, 2.45) is 0 Å². The standard InChI is InChI=1S/C24H31N3O3S/c1-3-5-9-16-30-21-14-8-7-13-20(21)23(29)27-24(31)26-19-12-10-11-18(17-19)22(28)25-15-6-4-2/h7-8,10-14,17H,3-6,9,15-16H2,1-2H3,(H,25,28)(H2,26,27,29,31). The fourth-order valence-electron chi connectivity index (χ4n) is 2.87. The lowest BCUT2D eigenvalue weighted by molar-refractivity contribution is 0.0950. The number of thiocarbonyl (C=S) groups is 1. The van der Waals surface area contributed by atoms with E-state index >= 15 is 0 Å². The fourth-order valence-corrected chi connectivity index (χ4v) is 3.08. The highest BCUT2D eigenvalue weighted by atomic mass is 32.1. The Kier molecular flexibility index (Phi) is 10.5. The van der Waals surface area contributed by atoms with E-state index in [4.69, 9.17) is 17.0 Å². The molecule has 0 aliphatic rings. The maximum Gasteiger partial charge on any atom is 0.261 e. The van der Waals surface area contributed by atoms with E-state index in [0.29, 0.717) is 35.7 Å². The number of benzene rings is 2. The van der Waals surface area contributed by atoms with Gasteiger partial charge in [-0.1, -0.05) is 51.3 Å². The van der Waals surface area contributed by atoms with Crippen LogP contribution in [0.5, 0.6) is 5.75 Å². The van der Waals surface area contributed by atoms with Gasteiger partial charge in [0.1, 0.15) is 5.75 Å². The topological polar surface area (TPSA) is 79.5 Å². The van der Waals surface area contributed by atoms with Crippen molar-refractivity contribution < 1.29 is 14.3 Å². The molecule has 2 aromatic rings. The minimum atomic E-state index is -0.350. The second-order valence-corrected chi connectivity index (χ2v) is 7.56. The Balaban J connectivity index is 1.95. The Morgan fingerprint density at radius 3 is 2.48 bits per heavy atom. The van der Waals surface area contributed by atoms with Gasteiger partial charge in [0.25, 0.3) is 11.8 Å². The molecular formula is C24H31N3O3S. The summed E-state index contributed by atoms with van der Waals surface area (Å²) < 4.78 is 5.77. The van der Waals surface area contributed by atoms with Crippen LogP contribution in [0.2, 0.25) is 0 Å². The Hall–Kier alpha value is -2.93. The van der Waals surface area contributed by atoms with E-state index in [1.54, 1.807) is 42.5 Å². The van der Waals surface area contributed by atoms with Gasteiger partial charge in [-0.25, -0.2) is 0 Å². The van der Waals surface area contributed by atoms with Crippen molar-refractivity contribution in [1.82, 2.24) is 10.6 Å². The van der Waals surface area contributed by atoms with E-state index in [2.05, 4.69) is 29.8 Å². The molecule has 0 aliphatic carbocycles. The van der Waals surface area contributed by atoms with Crippen LogP contribution in [0.4, 0.5) is 5.69 Å². The van der Waals surface area contributed by atoms with Crippen molar-refractivity contribution in [1.29, 1.82) is 0 Å². The summed E-state index contributed by atoms with van der Waals surface area (Å²) >= 11 is 5.29. The molecule has 2 amide bonds. The molecule has 0 saturated heterocycles. The van der Waals surface area contributed by atoms with E-state index in [1.165, 1.54) is 0 Å². The van der Waals surface area contributed by atoms with Crippen LogP contribution in [0.15, 0.2) is 48.5 Å². The Morgan fingerprint density at radius 1 is 0.935 bits per heavy atom. The van der Waals surface area contributed by atoms with Gasteiger partial charge in [0.05, 0.1) is 12.2 Å². The van der Waals surface area contributed by atoms with Crippen LogP contribution in [0, 0.1) is 0 Å². The third-order valence-corrected chi connectivity index (χ3v) is 4.77. The smallest absolute Gasteiger partial charge is 0.261 e. The first kappa shape index (κ1) is 24.3. The highest BCUT2D eigenvalue weighted by molar-refractivity contribution is 7.80. The van der Waals surface area contributed by atoms with Crippen LogP contribution in [0.1, 0.15) is 66.7 Å². The summed E-state index contributed by atoms with van der Waals surface area (Å²) in [7, 11) is 0. The molecule has 2 aromatic carbocycles. The molecule has 0 unspecified atom stereocenters. The van der Waals surface area contributed by atoms with Crippen LogP contribution in [0.3, 0.4) is 0 Å². The van der Waals surface area contributed by atoms with Crippen molar-refractivity contribution in [3.8, 4) is 5.75 Å². The first-order chi connectivity index (χ1) is 15.0. The van der Waals surface area contributed by atoms with Gasteiger partial charge in [0, 0.05) is 17.8 Å². The number of carbonyl (C=O) groups excluding carboxylic acids is 2. The van der Waals surface area contributed by atoms with Gasteiger partial charge < -0.3 is 15.4 Å². The number of para-hydroxylation sites is 1. The molecule has 6 nitrogen and oxygen atoms in total. The van der Waals surface area contributed by atoms with Crippen LogP contribution >= 0.6 is 12.2 Å². The number of unbranched alkanes of at least 4 members (excludes halogenated alkanes) is 3. The first-order valence-corrected chi connectivity index (χ1v) is 11.2. The van der Waals surface area contributed by atoms with Crippen LogP contribution in [-0.2, 0) is 0 Å². The van der Waals surface area contributed by atoms with Crippen LogP contribution in [0.25, 0.3) is 0 Å². The number of ether oxygens (including phenoxy) is 1. The van der Waals surface area contributed by atoms with Gasteiger partial charge in [0.2, 0.25) is 0 Å². The molecule has 0 aliphatic heterocycles. The molecule has 7 heteroatoms. The predicted octanol–water partition coefficient (Wildman–Crippen LogP) is 4.91. The molecule has 2 rings (SSSR count). The van der Waals surface area contributed by atoms with Crippen molar-refractivity contribution in [3.05, 3.63) is 59.7 Å². The number of anilines is 1. The lowest BCUT2D eigenvalue weighted by Crippen LogP contribution is -2.34. The summed E-state index contributed by atoms with van der Waals surface area (Å²) in [5.41, 5.74) is 1.57. The molecule has 0 fully saturated rings. The predicted molar refractivity (Wildman–Crippen MR) is 129 cm³/mol. The van der Waals surface area contributed by atoms with E-state index in [0.717, 1.165) is 32.1 Å². The highest BCUT2D eigenvalue weighted by Gasteiger charge is 2.14. The average molecular weight is 442 g/mol. The summed E-state index contributed by atoms with van der Waals surface area (Å²) in [6.45, 7) is 5.40. The normalized spacial score (nSPS) is 10.3. The van der Waals surface area contributed by atoms with Gasteiger partial charge in [-0.3, -0.25) is 14.9 Å². The van der Waals surface area contributed by atoms with Crippen molar-refractivity contribution in [3.63, 3.8) is 0 Å². The van der Waals surface area contributed by atoms with Crippen LogP contribution < -0.4 is 20.7 Å². The molecule has 31 heavy (non-hydrogen) atoms. The van der Waals surface area contributed by atoms with Crippen molar-refractivity contribution in [2.75, 3.05) is 18.5 Å². The number of rotatable bonds is 11. The average Bonchev–Trinajstić information content (AvgIpc) is 2.77. The molecule has 0 heterocycles. The molecule has 0 radical (unpaired) electrons. The molecule has 0 aromatic heterocycles. The third-order valence-electron chi connectivity index (χ3n) is 4.56. The number of hydrogen-bond donors (Lipinski definition) is 3. The van der Waals surface area contributed by atoms with E-state index < -0.39 is 0 Å². The molecular weight excluding hydrogens is 410 g/mol. The van der Waals surface area contributed by atoms with Gasteiger partial charge in [-0.15, -0.1) is 0 Å². The molecule has 3 N–H and O–H groups in total. The molecule has 0 bridgehead atoms. The van der Waals surface area contributed by atoms with Crippen molar-refractivity contribution >= 4 is 34.8 Å². The zero-order chi connectivity index (χ0) is 22.5. The lowest BCUT2D eigenvalue weighted by atomic mass is 10.2. The summed E-state index contributed by atoms with van der Waals surface area (Å²) in [5, 5.41) is 8.67. The maximum atomic E-state index is 12.7. The van der Waals surface area contributed by atoms with E-state index in [1.807, 2.05) is 6.07 Å². The third kappa shape index (κ3) is 8.38. The summed E-state index contributed by atoms with van der Waals surface area (Å²) in [6, 6.07) is 14.1. The Bertz CT molecular complexity index is 886. The minimum Gasteiger partial charge on any atom is -0.493 e. The Labute approximate surface area is 189 Å². The second kappa shape index (κ2) is 13.4. The monoisotopic (exact) mass is 441 g/mol. The van der Waals surface area contributed by atoms with Gasteiger partial charge >= 0.3 is 0 Å². The largest absolute Gasteiger partial charge is 0.493 e. The number of carbonyl (C=O) groups is 2. The summed E-state index contributed by atoms with van der Waals surface area (Å²) in [5.74, 6) is 0.0444. The zero-order valence-corrected chi connectivity index (χ0v) is 19.0. The number of nitrogens with one attached hydrogen (secondary N) is 3. The maximum absolute atomic E-state index is 12.7. The van der Waals surface area contributed by atoms with Gasteiger partial charge in [-0.2, -0.15) is 0 Å².